The molecular weight excluding hydrogens is 777 g/mol. The summed E-state index contributed by atoms with van der Waals surface area (Å²) in [6.45, 7) is 21.3. The maximum atomic E-state index is 7.05. The summed E-state index contributed by atoms with van der Waals surface area (Å²) in [5.41, 5.74) is 21.8. The van der Waals surface area contributed by atoms with Gasteiger partial charge in [-0.3, -0.25) is 0 Å². The summed E-state index contributed by atoms with van der Waals surface area (Å²) in [7, 11) is 0. The zero-order valence-electron chi connectivity index (χ0n) is 37.1. The third kappa shape index (κ3) is 8.33. The van der Waals surface area contributed by atoms with Gasteiger partial charge in [0.25, 0.3) is 0 Å². The van der Waals surface area contributed by atoms with Gasteiger partial charge in [-0.2, -0.15) is 0 Å². The Kier molecular flexibility index (Phi) is 13.2. The monoisotopic (exact) mass is 832 g/mol. The Morgan fingerprint density at radius 1 is 0.719 bits per heavy atom. The van der Waals surface area contributed by atoms with Gasteiger partial charge >= 0.3 is 0 Å². The molecule has 1 aliphatic carbocycles. The number of hydrogen-bond donors (Lipinski definition) is 1. The molecule has 0 unspecified atom stereocenters. The fraction of sp³-hybridized carbons (Fsp3) is 0.115. The first-order chi connectivity index (χ1) is 31.4. The molecule has 7 aromatic rings. The molecule has 0 radical (unpaired) electrons. The SMILES string of the molecule is C=C/C=C(\CCC(/C=C\C)=C(/C=C)c1ccc(N(C/C=C\C=C/C)c2ccc(C=C)c(C=C)c2)cc1N)c1c2ccccc2c(C2=c3oc4ccccc4c3=CCC2)c2ccccc12. The van der Waals surface area contributed by atoms with Crippen LogP contribution in [0, 0.1) is 0 Å². The fourth-order valence-electron chi connectivity index (χ4n) is 9.40. The third-order valence-corrected chi connectivity index (χ3v) is 12.3. The molecule has 0 spiro atoms. The Balaban J connectivity index is 1.21. The van der Waals surface area contributed by atoms with Gasteiger partial charge in [-0.25, -0.2) is 0 Å². The van der Waals surface area contributed by atoms with Crippen LogP contribution in [0.15, 0.2) is 200 Å². The Hall–Kier alpha value is -7.62. The highest BCUT2D eigenvalue weighted by atomic mass is 16.3. The lowest BCUT2D eigenvalue weighted by molar-refractivity contribution is 0.568. The number of furan rings is 1. The predicted molar refractivity (Wildman–Crippen MR) is 281 cm³/mol. The Bertz CT molecular complexity index is 3190. The summed E-state index contributed by atoms with van der Waals surface area (Å²) in [5, 5.41) is 7.25. The molecule has 0 saturated carbocycles. The van der Waals surface area contributed by atoms with Crippen LogP contribution >= 0.6 is 0 Å². The van der Waals surface area contributed by atoms with Gasteiger partial charge in [0.1, 0.15) is 11.0 Å². The molecule has 0 saturated heterocycles. The molecule has 1 heterocycles. The van der Waals surface area contributed by atoms with E-state index in [0.717, 1.165) is 75.9 Å². The topological polar surface area (TPSA) is 42.4 Å². The minimum absolute atomic E-state index is 0.656. The summed E-state index contributed by atoms with van der Waals surface area (Å²) in [6, 6.07) is 38.8. The molecule has 3 nitrogen and oxygen atoms in total. The van der Waals surface area contributed by atoms with E-state index in [2.05, 4.69) is 184 Å². The van der Waals surface area contributed by atoms with Gasteiger partial charge in [0, 0.05) is 45.3 Å². The molecular formula is C61H56N2O. The van der Waals surface area contributed by atoms with Gasteiger partial charge in [0.15, 0.2) is 0 Å². The second-order valence-corrected chi connectivity index (χ2v) is 16.0. The standard InChI is InChI=1S/C61H56N2O/c1-7-13-14-21-39-63(46-36-35-42(10-4)43(11-5)40-46)47-37-38-49(57(62)41-47)48(12-6)44(23-8-2)33-34-45(24-9-3)59-51-26-15-17-28-53(51)60(54-29-18-16-27-52(54)59)56-31-22-30-55-50-25-19-20-32-58(50)64-61(55)56/h7-21,23-30,32,35-38,40-41H,3-6,22,31,33-34,39,62H2,1-2H3/b13-7-,21-14-,23-8-,45-24+,48-44-. The largest absolute Gasteiger partial charge is 0.456 e. The van der Waals surface area contributed by atoms with E-state index in [1.165, 1.54) is 54.4 Å². The molecule has 0 aliphatic heterocycles. The van der Waals surface area contributed by atoms with Crippen molar-refractivity contribution in [1.82, 2.24) is 0 Å². The van der Waals surface area contributed by atoms with Crippen molar-refractivity contribution < 1.29 is 4.42 Å². The zero-order chi connectivity index (χ0) is 44.6. The molecule has 0 atom stereocenters. The Labute approximate surface area is 378 Å². The molecule has 0 bridgehead atoms. The van der Waals surface area contributed by atoms with Crippen LogP contribution in [0.5, 0.6) is 0 Å². The van der Waals surface area contributed by atoms with Gasteiger partial charge in [-0.05, 0) is 130 Å². The van der Waals surface area contributed by atoms with Crippen molar-refractivity contribution in [1.29, 1.82) is 0 Å². The maximum absolute atomic E-state index is 7.05. The smallest absolute Gasteiger partial charge is 0.138 e. The lowest BCUT2D eigenvalue weighted by Gasteiger charge is -2.26. The molecule has 1 aliphatic rings. The van der Waals surface area contributed by atoms with Crippen molar-refractivity contribution in [2.45, 2.75) is 39.5 Å². The van der Waals surface area contributed by atoms with Crippen molar-refractivity contribution in [2.24, 2.45) is 0 Å². The van der Waals surface area contributed by atoms with Crippen LogP contribution in [-0.4, -0.2) is 6.54 Å². The maximum Gasteiger partial charge on any atom is 0.138 e. The number of nitrogens with zero attached hydrogens (tertiary/aromatic N) is 1. The van der Waals surface area contributed by atoms with Gasteiger partial charge in [0.05, 0.1) is 0 Å². The average molecular weight is 833 g/mol. The van der Waals surface area contributed by atoms with Crippen LogP contribution in [-0.2, 0) is 0 Å². The van der Waals surface area contributed by atoms with Crippen LogP contribution in [0.25, 0.3) is 67.5 Å². The lowest BCUT2D eigenvalue weighted by Crippen LogP contribution is -2.26. The molecule has 1 aromatic heterocycles. The third-order valence-electron chi connectivity index (χ3n) is 12.3. The van der Waals surface area contributed by atoms with E-state index < -0.39 is 0 Å². The van der Waals surface area contributed by atoms with E-state index in [4.69, 9.17) is 10.2 Å². The van der Waals surface area contributed by atoms with Gasteiger partial charge in [-0.1, -0.05) is 178 Å². The molecule has 3 heteroatoms. The van der Waals surface area contributed by atoms with Gasteiger partial charge in [0.2, 0.25) is 0 Å². The molecule has 0 amide bonds. The summed E-state index contributed by atoms with van der Waals surface area (Å²) < 4.78 is 6.68. The van der Waals surface area contributed by atoms with Crippen molar-refractivity contribution in [3.05, 3.63) is 234 Å². The number of benzene rings is 6. The van der Waals surface area contributed by atoms with Crippen LogP contribution in [0.4, 0.5) is 17.1 Å². The second kappa shape index (κ2) is 19.6. The summed E-state index contributed by atoms with van der Waals surface area (Å²) in [4.78, 5) is 2.26. The summed E-state index contributed by atoms with van der Waals surface area (Å²) in [6.07, 6.45) is 28.1. The minimum atomic E-state index is 0.656. The molecule has 8 rings (SSSR count). The van der Waals surface area contributed by atoms with Crippen molar-refractivity contribution in [3.63, 3.8) is 0 Å². The lowest BCUT2D eigenvalue weighted by atomic mass is 9.82. The van der Waals surface area contributed by atoms with Crippen LogP contribution in [0.3, 0.4) is 0 Å². The van der Waals surface area contributed by atoms with E-state index in [1.807, 2.05) is 43.4 Å². The van der Waals surface area contributed by atoms with Crippen molar-refractivity contribution in [3.8, 4) is 0 Å². The number of allylic oxidation sites excluding steroid dienone is 11. The summed E-state index contributed by atoms with van der Waals surface area (Å²) in [5.74, 6) is 0. The quantitative estimate of drug-likeness (QED) is 0.0599. The van der Waals surface area contributed by atoms with Crippen LogP contribution in [0.1, 0.15) is 67.3 Å². The van der Waals surface area contributed by atoms with Crippen LogP contribution in [0.2, 0.25) is 0 Å². The van der Waals surface area contributed by atoms with E-state index in [0.29, 0.717) is 12.2 Å². The number of para-hydroxylation sites is 1. The first-order valence-electron chi connectivity index (χ1n) is 22.2. The Morgan fingerprint density at radius 2 is 1.39 bits per heavy atom. The predicted octanol–water partition coefficient (Wildman–Crippen LogP) is 15.2. The normalized spacial score (nSPS) is 13.5. The van der Waals surface area contributed by atoms with Gasteiger partial charge < -0.3 is 15.1 Å². The molecule has 2 N–H and O–H groups in total. The Morgan fingerprint density at radius 3 is 2.05 bits per heavy atom. The number of nitrogen functional groups attached to an aromatic ring is 1. The molecule has 64 heavy (non-hydrogen) atoms. The molecule has 316 valence electrons. The second-order valence-electron chi connectivity index (χ2n) is 16.0. The van der Waals surface area contributed by atoms with E-state index in [1.54, 1.807) is 0 Å². The first kappa shape index (κ1) is 43.0. The number of rotatable bonds is 16. The number of nitrogens with two attached hydrogens (primary N) is 1. The van der Waals surface area contributed by atoms with Gasteiger partial charge in [-0.15, -0.1) is 0 Å². The minimum Gasteiger partial charge on any atom is -0.456 e. The average Bonchev–Trinajstić information content (AvgIpc) is 3.72. The first-order valence-corrected chi connectivity index (χ1v) is 22.2. The highest BCUT2D eigenvalue weighted by molar-refractivity contribution is 6.16. The van der Waals surface area contributed by atoms with Crippen LogP contribution < -0.4 is 21.3 Å². The van der Waals surface area contributed by atoms with Crippen molar-refractivity contribution >= 4 is 84.5 Å². The van der Waals surface area contributed by atoms with Crippen molar-refractivity contribution in [2.75, 3.05) is 17.2 Å². The highest BCUT2D eigenvalue weighted by Crippen LogP contribution is 2.43. The van der Waals surface area contributed by atoms with E-state index in [-0.39, 0.29) is 0 Å². The number of fused-ring (bicyclic) bond motifs is 5. The zero-order valence-corrected chi connectivity index (χ0v) is 37.1. The number of anilines is 3. The fourth-order valence-corrected chi connectivity index (χ4v) is 9.40. The summed E-state index contributed by atoms with van der Waals surface area (Å²) >= 11 is 0. The molecule has 6 aromatic carbocycles. The highest BCUT2D eigenvalue weighted by Gasteiger charge is 2.22. The van der Waals surface area contributed by atoms with E-state index in [9.17, 15) is 0 Å². The molecule has 0 fully saturated rings. The van der Waals surface area contributed by atoms with E-state index >= 15 is 0 Å². The number of hydrogen-bond acceptors (Lipinski definition) is 3.